The highest BCUT2D eigenvalue weighted by atomic mass is 16.6. The van der Waals surface area contributed by atoms with Gasteiger partial charge in [0.1, 0.15) is 5.60 Å². The van der Waals surface area contributed by atoms with E-state index in [4.69, 9.17) is 11.2 Å². The standard InChI is InChI=1S/C17H30N2O2/c1-6-10-14(7-2)18-13-15-11-8-9-12-19(15)16(20)21-17(3,4)5/h2,14-15,18H,6,8-13H2,1,3-5H3. The highest BCUT2D eigenvalue weighted by Crippen LogP contribution is 2.20. The minimum Gasteiger partial charge on any atom is -0.444 e. The number of nitrogens with one attached hydrogen (secondary N) is 1. The molecule has 1 heterocycles. The van der Waals surface area contributed by atoms with Gasteiger partial charge in [-0.1, -0.05) is 19.3 Å². The number of ether oxygens (including phenoxy) is 1. The Morgan fingerprint density at radius 1 is 1.48 bits per heavy atom. The SMILES string of the molecule is C#CC(CCC)NCC1CCCCN1C(=O)OC(C)(C)C. The molecular formula is C17H30N2O2. The average molecular weight is 294 g/mol. The molecule has 0 spiro atoms. The van der Waals surface area contributed by atoms with E-state index in [2.05, 4.69) is 18.2 Å². The Balaban J connectivity index is 2.57. The van der Waals surface area contributed by atoms with Gasteiger partial charge in [-0.3, -0.25) is 0 Å². The molecule has 1 amide bonds. The van der Waals surface area contributed by atoms with Crippen molar-refractivity contribution in [1.29, 1.82) is 0 Å². The molecule has 1 rings (SSSR count). The van der Waals surface area contributed by atoms with Crippen LogP contribution in [0.1, 0.15) is 59.8 Å². The van der Waals surface area contributed by atoms with E-state index in [0.29, 0.717) is 0 Å². The van der Waals surface area contributed by atoms with Crippen LogP contribution in [0.2, 0.25) is 0 Å². The maximum Gasteiger partial charge on any atom is 0.410 e. The third kappa shape index (κ3) is 6.39. The molecular weight excluding hydrogens is 264 g/mol. The van der Waals surface area contributed by atoms with E-state index >= 15 is 0 Å². The van der Waals surface area contributed by atoms with Crippen molar-refractivity contribution in [2.75, 3.05) is 13.1 Å². The lowest BCUT2D eigenvalue weighted by atomic mass is 10.0. The molecule has 0 bridgehead atoms. The van der Waals surface area contributed by atoms with Crippen LogP contribution < -0.4 is 5.32 Å². The zero-order valence-electron chi connectivity index (χ0n) is 13.9. The number of carbonyl (C=O) groups excluding carboxylic acids is 1. The number of amides is 1. The van der Waals surface area contributed by atoms with Crippen molar-refractivity contribution in [3.8, 4) is 12.3 Å². The molecule has 1 aliphatic heterocycles. The van der Waals surface area contributed by atoms with Gasteiger partial charge in [-0.25, -0.2) is 4.79 Å². The molecule has 21 heavy (non-hydrogen) atoms. The molecule has 0 radical (unpaired) electrons. The van der Waals surface area contributed by atoms with E-state index in [1.165, 1.54) is 0 Å². The number of likely N-dealkylation sites (tertiary alicyclic amines) is 1. The summed E-state index contributed by atoms with van der Waals surface area (Å²) in [5.41, 5.74) is -0.448. The second kappa shape index (κ2) is 8.29. The molecule has 1 saturated heterocycles. The lowest BCUT2D eigenvalue weighted by molar-refractivity contribution is 0.00980. The summed E-state index contributed by atoms with van der Waals surface area (Å²) < 4.78 is 5.51. The van der Waals surface area contributed by atoms with Gasteiger partial charge in [0.2, 0.25) is 0 Å². The van der Waals surface area contributed by atoms with Gasteiger partial charge in [-0.05, 0) is 46.5 Å². The van der Waals surface area contributed by atoms with E-state index in [-0.39, 0.29) is 18.2 Å². The third-order valence-electron chi connectivity index (χ3n) is 3.63. The first kappa shape index (κ1) is 17.8. The van der Waals surface area contributed by atoms with E-state index in [9.17, 15) is 4.79 Å². The van der Waals surface area contributed by atoms with Crippen LogP contribution in [-0.2, 0) is 4.74 Å². The summed E-state index contributed by atoms with van der Waals surface area (Å²) in [4.78, 5) is 14.2. The fourth-order valence-electron chi connectivity index (χ4n) is 2.58. The van der Waals surface area contributed by atoms with Crippen LogP contribution in [0, 0.1) is 12.3 Å². The molecule has 4 heteroatoms. The first-order chi connectivity index (χ1) is 9.87. The van der Waals surface area contributed by atoms with Gasteiger partial charge < -0.3 is 15.0 Å². The van der Waals surface area contributed by atoms with Crippen molar-refractivity contribution < 1.29 is 9.53 Å². The van der Waals surface area contributed by atoms with Gasteiger partial charge in [0.05, 0.1) is 6.04 Å². The minimum absolute atomic E-state index is 0.0948. The largest absolute Gasteiger partial charge is 0.444 e. The smallest absolute Gasteiger partial charge is 0.410 e. The summed E-state index contributed by atoms with van der Waals surface area (Å²) in [6.07, 6.45) is 10.6. The molecule has 120 valence electrons. The Morgan fingerprint density at radius 3 is 2.76 bits per heavy atom. The topological polar surface area (TPSA) is 41.6 Å². The number of hydrogen-bond donors (Lipinski definition) is 1. The molecule has 0 aromatic carbocycles. The summed E-state index contributed by atoms with van der Waals surface area (Å²) >= 11 is 0. The van der Waals surface area contributed by atoms with E-state index < -0.39 is 5.60 Å². The van der Waals surface area contributed by atoms with Gasteiger partial charge in [0.15, 0.2) is 0 Å². The number of carbonyl (C=O) groups is 1. The van der Waals surface area contributed by atoms with Crippen LogP contribution in [0.15, 0.2) is 0 Å². The van der Waals surface area contributed by atoms with E-state index in [0.717, 1.165) is 45.2 Å². The molecule has 0 aromatic heterocycles. The first-order valence-corrected chi connectivity index (χ1v) is 8.06. The lowest BCUT2D eigenvalue weighted by Gasteiger charge is -2.37. The Kier molecular flexibility index (Phi) is 7.04. The van der Waals surface area contributed by atoms with Crippen LogP contribution >= 0.6 is 0 Å². The molecule has 1 aliphatic rings. The molecule has 0 aromatic rings. The molecule has 1 N–H and O–H groups in total. The number of piperidine rings is 1. The highest BCUT2D eigenvalue weighted by Gasteiger charge is 2.30. The van der Waals surface area contributed by atoms with Crippen molar-refractivity contribution in [1.82, 2.24) is 10.2 Å². The molecule has 2 atom stereocenters. The molecule has 0 aliphatic carbocycles. The predicted molar refractivity (Wildman–Crippen MR) is 86.1 cm³/mol. The number of hydrogen-bond acceptors (Lipinski definition) is 3. The first-order valence-electron chi connectivity index (χ1n) is 8.06. The summed E-state index contributed by atoms with van der Waals surface area (Å²) in [6.45, 7) is 9.34. The van der Waals surface area contributed by atoms with Crippen molar-refractivity contribution in [2.45, 2.75) is 77.5 Å². The molecule has 2 unspecified atom stereocenters. The fraction of sp³-hybridized carbons (Fsp3) is 0.824. The quantitative estimate of drug-likeness (QED) is 0.792. The predicted octanol–water partition coefficient (Wildman–Crippen LogP) is 3.17. The Labute approximate surface area is 129 Å². The Bertz CT molecular complexity index is 368. The van der Waals surface area contributed by atoms with Gasteiger partial charge in [-0.15, -0.1) is 6.42 Å². The van der Waals surface area contributed by atoms with E-state index in [1.54, 1.807) is 0 Å². The monoisotopic (exact) mass is 294 g/mol. The molecule has 0 saturated carbocycles. The van der Waals surface area contributed by atoms with Crippen LogP contribution in [0.5, 0.6) is 0 Å². The fourth-order valence-corrected chi connectivity index (χ4v) is 2.58. The van der Waals surface area contributed by atoms with Crippen LogP contribution in [0.3, 0.4) is 0 Å². The lowest BCUT2D eigenvalue weighted by Crippen LogP contribution is -2.51. The van der Waals surface area contributed by atoms with Crippen molar-refractivity contribution >= 4 is 6.09 Å². The summed E-state index contributed by atoms with van der Waals surface area (Å²) in [6, 6.07) is 0.277. The molecule has 4 nitrogen and oxygen atoms in total. The maximum absolute atomic E-state index is 12.3. The van der Waals surface area contributed by atoms with E-state index in [1.807, 2.05) is 25.7 Å². The normalized spacial score (nSPS) is 20.7. The van der Waals surface area contributed by atoms with Gasteiger partial charge in [0.25, 0.3) is 0 Å². The number of terminal acetylenes is 1. The second-order valence-corrected chi connectivity index (χ2v) is 6.74. The van der Waals surface area contributed by atoms with Crippen LogP contribution in [0.25, 0.3) is 0 Å². The van der Waals surface area contributed by atoms with Crippen LogP contribution in [0.4, 0.5) is 4.79 Å². The van der Waals surface area contributed by atoms with Crippen molar-refractivity contribution in [2.24, 2.45) is 0 Å². The highest BCUT2D eigenvalue weighted by molar-refractivity contribution is 5.68. The van der Waals surface area contributed by atoms with Crippen molar-refractivity contribution in [3.63, 3.8) is 0 Å². The number of nitrogens with zero attached hydrogens (tertiary/aromatic N) is 1. The van der Waals surface area contributed by atoms with Crippen LogP contribution in [-0.4, -0.2) is 41.8 Å². The third-order valence-corrected chi connectivity index (χ3v) is 3.63. The minimum atomic E-state index is -0.448. The maximum atomic E-state index is 12.3. The molecule has 1 fully saturated rings. The average Bonchev–Trinajstić information content (AvgIpc) is 2.42. The zero-order valence-corrected chi connectivity index (χ0v) is 13.9. The number of rotatable bonds is 5. The summed E-state index contributed by atoms with van der Waals surface area (Å²) in [5.74, 6) is 2.78. The summed E-state index contributed by atoms with van der Waals surface area (Å²) in [5, 5.41) is 3.40. The Morgan fingerprint density at radius 2 is 2.19 bits per heavy atom. The van der Waals surface area contributed by atoms with Gasteiger partial charge >= 0.3 is 6.09 Å². The summed E-state index contributed by atoms with van der Waals surface area (Å²) in [7, 11) is 0. The van der Waals surface area contributed by atoms with Gasteiger partial charge in [0, 0.05) is 19.1 Å². The second-order valence-electron chi connectivity index (χ2n) is 6.74. The zero-order chi connectivity index (χ0) is 15.9. The van der Waals surface area contributed by atoms with Gasteiger partial charge in [-0.2, -0.15) is 0 Å². The Hall–Kier alpha value is -1.21. The van der Waals surface area contributed by atoms with Crippen molar-refractivity contribution in [3.05, 3.63) is 0 Å².